The van der Waals surface area contributed by atoms with E-state index in [1.165, 1.54) is 18.3 Å². The molecule has 1 aromatic rings. The normalized spacial score (nSPS) is 20.4. The average Bonchev–Trinajstić information content (AvgIpc) is 2.70. The van der Waals surface area contributed by atoms with E-state index in [1.807, 2.05) is 16.3 Å². The van der Waals surface area contributed by atoms with Crippen LogP contribution in [0.5, 0.6) is 0 Å². The predicted molar refractivity (Wildman–Crippen MR) is 63.8 cm³/mol. The van der Waals surface area contributed by atoms with Crippen LogP contribution < -0.4 is 0 Å². The molecule has 0 bridgehead atoms. The molecule has 0 aliphatic carbocycles. The number of piperidine rings is 1. The molecular formula is C12H15F2NOS. The highest BCUT2D eigenvalue weighted by atomic mass is 32.1. The minimum absolute atomic E-state index is 0.0588. The first-order valence-corrected chi connectivity index (χ1v) is 6.53. The minimum Gasteiger partial charge on any atom is -0.299 e. The topological polar surface area (TPSA) is 20.3 Å². The van der Waals surface area contributed by atoms with Crippen LogP contribution in [0.15, 0.2) is 11.4 Å². The molecule has 1 saturated heterocycles. The number of hydrogen-bond donors (Lipinski definition) is 0. The van der Waals surface area contributed by atoms with Gasteiger partial charge in [-0.2, -0.15) is 0 Å². The van der Waals surface area contributed by atoms with Crippen LogP contribution in [0.1, 0.15) is 35.0 Å². The first-order chi connectivity index (χ1) is 7.96. The van der Waals surface area contributed by atoms with Crippen LogP contribution in [0.2, 0.25) is 0 Å². The second-order valence-electron chi connectivity index (χ2n) is 4.51. The van der Waals surface area contributed by atoms with E-state index >= 15 is 0 Å². The molecule has 0 atom stereocenters. The molecule has 1 aliphatic heterocycles. The summed E-state index contributed by atoms with van der Waals surface area (Å²) in [6.07, 6.45) is -0.118. The first kappa shape index (κ1) is 12.6. The van der Waals surface area contributed by atoms with Crippen LogP contribution in [0.4, 0.5) is 8.78 Å². The number of ketones is 1. The number of nitrogens with zero attached hydrogens (tertiary/aromatic N) is 1. The monoisotopic (exact) mass is 259 g/mol. The molecule has 0 spiro atoms. The highest BCUT2D eigenvalue weighted by Crippen LogP contribution is 2.28. The molecule has 0 N–H and O–H groups in total. The van der Waals surface area contributed by atoms with Gasteiger partial charge in [0.05, 0.1) is 4.88 Å². The molecule has 17 heavy (non-hydrogen) atoms. The van der Waals surface area contributed by atoms with Crippen LogP contribution in [0.25, 0.3) is 0 Å². The van der Waals surface area contributed by atoms with E-state index in [4.69, 9.17) is 0 Å². The van der Waals surface area contributed by atoms with Crippen molar-refractivity contribution in [1.29, 1.82) is 0 Å². The summed E-state index contributed by atoms with van der Waals surface area (Å²) >= 11 is 1.42. The maximum absolute atomic E-state index is 13.0. The van der Waals surface area contributed by atoms with Gasteiger partial charge >= 0.3 is 0 Å². The smallest absolute Gasteiger partial charge is 0.250 e. The Bertz CT molecular complexity index is 406. The maximum atomic E-state index is 13.0. The van der Waals surface area contributed by atoms with Gasteiger partial charge in [-0.25, -0.2) is 8.78 Å². The molecule has 1 fully saturated rings. The summed E-state index contributed by atoms with van der Waals surface area (Å²) in [6.45, 7) is 3.06. The number of likely N-dealkylation sites (tertiary alicyclic amines) is 1. The SMILES string of the molecule is CC(=O)c1cc(CN2CCC(F)(F)CC2)cs1. The van der Waals surface area contributed by atoms with Crippen molar-refractivity contribution >= 4 is 17.1 Å². The predicted octanol–water partition coefficient (Wildman–Crippen LogP) is 3.18. The fraction of sp³-hybridized carbons (Fsp3) is 0.583. The Kier molecular flexibility index (Phi) is 3.58. The highest BCUT2D eigenvalue weighted by Gasteiger charge is 2.33. The van der Waals surface area contributed by atoms with Gasteiger partial charge in [-0.05, 0) is 23.9 Å². The van der Waals surface area contributed by atoms with Crippen molar-refractivity contribution in [2.75, 3.05) is 13.1 Å². The number of thiophene rings is 1. The van der Waals surface area contributed by atoms with Gasteiger partial charge in [-0.3, -0.25) is 9.69 Å². The van der Waals surface area contributed by atoms with Gasteiger partial charge in [-0.1, -0.05) is 0 Å². The fourth-order valence-corrected chi connectivity index (χ4v) is 2.75. The van der Waals surface area contributed by atoms with E-state index in [1.54, 1.807) is 0 Å². The zero-order chi connectivity index (χ0) is 12.5. The summed E-state index contributed by atoms with van der Waals surface area (Å²) in [6, 6.07) is 1.86. The van der Waals surface area contributed by atoms with Crippen LogP contribution in [-0.4, -0.2) is 29.7 Å². The number of carbonyl (C=O) groups is 1. The van der Waals surface area contributed by atoms with E-state index in [0.717, 1.165) is 10.4 Å². The number of rotatable bonds is 3. The van der Waals surface area contributed by atoms with Crippen molar-refractivity contribution in [2.24, 2.45) is 0 Å². The lowest BCUT2D eigenvalue weighted by atomic mass is 10.1. The quantitative estimate of drug-likeness (QED) is 0.777. The van der Waals surface area contributed by atoms with Crippen molar-refractivity contribution < 1.29 is 13.6 Å². The molecule has 1 aromatic heterocycles. The molecule has 2 rings (SSSR count). The Balaban J connectivity index is 1.91. The van der Waals surface area contributed by atoms with Gasteiger partial charge in [0, 0.05) is 32.5 Å². The maximum Gasteiger partial charge on any atom is 0.250 e. The van der Waals surface area contributed by atoms with Crippen molar-refractivity contribution in [3.8, 4) is 0 Å². The van der Waals surface area contributed by atoms with Gasteiger partial charge < -0.3 is 0 Å². The van der Waals surface area contributed by atoms with Crippen LogP contribution >= 0.6 is 11.3 Å². The van der Waals surface area contributed by atoms with Gasteiger partial charge in [0.15, 0.2) is 5.78 Å². The van der Waals surface area contributed by atoms with E-state index in [-0.39, 0.29) is 18.6 Å². The standard InChI is InChI=1S/C12H15F2NOS/c1-9(16)11-6-10(8-17-11)7-15-4-2-12(13,14)3-5-15/h6,8H,2-5,7H2,1H3. The molecule has 1 aliphatic rings. The van der Waals surface area contributed by atoms with Gasteiger partial charge in [0.2, 0.25) is 0 Å². The first-order valence-electron chi connectivity index (χ1n) is 5.65. The second kappa shape index (κ2) is 4.82. The average molecular weight is 259 g/mol. The lowest BCUT2D eigenvalue weighted by Crippen LogP contribution is -2.38. The van der Waals surface area contributed by atoms with E-state index in [2.05, 4.69) is 0 Å². The van der Waals surface area contributed by atoms with Crippen LogP contribution in [-0.2, 0) is 6.54 Å². The second-order valence-corrected chi connectivity index (χ2v) is 5.42. The zero-order valence-corrected chi connectivity index (χ0v) is 10.5. The Morgan fingerprint density at radius 1 is 1.47 bits per heavy atom. The zero-order valence-electron chi connectivity index (χ0n) is 9.71. The largest absolute Gasteiger partial charge is 0.299 e. The third-order valence-corrected chi connectivity index (χ3v) is 4.07. The summed E-state index contributed by atoms with van der Waals surface area (Å²) < 4.78 is 25.9. The third kappa shape index (κ3) is 3.33. The molecule has 0 aromatic carbocycles. The number of alkyl halides is 2. The Morgan fingerprint density at radius 3 is 2.65 bits per heavy atom. The lowest BCUT2D eigenvalue weighted by molar-refractivity contribution is -0.0566. The van der Waals surface area contributed by atoms with Crippen molar-refractivity contribution in [3.63, 3.8) is 0 Å². The Hall–Kier alpha value is -0.810. The number of carbonyl (C=O) groups excluding carboxylic acids is 1. The van der Waals surface area contributed by atoms with Crippen molar-refractivity contribution in [1.82, 2.24) is 4.90 Å². The third-order valence-electron chi connectivity index (χ3n) is 2.99. The minimum atomic E-state index is -2.49. The number of halogens is 2. The summed E-state index contributed by atoms with van der Waals surface area (Å²) in [5, 5.41) is 1.93. The molecule has 5 heteroatoms. The summed E-state index contributed by atoms with van der Waals surface area (Å²) in [4.78, 5) is 13.9. The molecule has 2 nitrogen and oxygen atoms in total. The number of Topliss-reactive ketones (excluding diaryl/α,β-unsaturated/α-hetero) is 1. The molecule has 0 saturated carbocycles. The van der Waals surface area contributed by atoms with Gasteiger partial charge in [-0.15, -0.1) is 11.3 Å². The fourth-order valence-electron chi connectivity index (χ4n) is 1.94. The van der Waals surface area contributed by atoms with E-state index in [9.17, 15) is 13.6 Å². The highest BCUT2D eigenvalue weighted by molar-refractivity contribution is 7.12. The van der Waals surface area contributed by atoms with E-state index < -0.39 is 5.92 Å². The molecule has 94 valence electrons. The summed E-state index contributed by atoms with van der Waals surface area (Å²) in [5.74, 6) is -2.43. The van der Waals surface area contributed by atoms with Crippen LogP contribution in [0, 0.1) is 0 Å². The number of hydrogen-bond acceptors (Lipinski definition) is 3. The Labute approximate surface area is 103 Å². The van der Waals surface area contributed by atoms with Crippen molar-refractivity contribution in [2.45, 2.75) is 32.2 Å². The van der Waals surface area contributed by atoms with Crippen molar-refractivity contribution in [3.05, 3.63) is 21.9 Å². The molecule has 2 heterocycles. The van der Waals surface area contributed by atoms with Gasteiger partial charge in [0.1, 0.15) is 0 Å². The molecule has 0 unspecified atom stereocenters. The molecular weight excluding hydrogens is 244 g/mol. The molecule has 0 amide bonds. The Morgan fingerprint density at radius 2 is 2.12 bits per heavy atom. The summed E-state index contributed by atoms with van der Waals surface area (Å²) in [7, 11) is 0. The van der Waals surface area contributed by atoms with Crippen LogP contribution in [0.3, 0.4) is 0 Å². The van der Waals surface area contributed by atoms with Gasteiger partial charge in [0.25, 0.3) is 5.92 Å². The van der Waals surface area contributed by atoms with E-state index in [0.29, 0.717) is 19.6 Å². The summed E-state index contributed by atoms with van der Waals surface area (Å²) in [5.41, 5.74) is 1.05. The lowest BCUT2D eigenvalue weighted by Gasteiger charge is -2.31. The molecule has 0 radical (unpaired) electrons.